The third-order valence-electron chi connectivity index (χ3n) is 3.08. The zero-order valence-corrected chi connectivity index (χ0v) is 8.80. The molecule has 2 nitrogen and oxygen atoms in total. The van der Waals surface area contributed by atoms with E-state index in [1.165, 1.54) is 25.0 Å². The van der Waals surface area contributed by atoms with Crippen LogP contribution in [0.3, 0.4) is 0 Å². The highest BCUT2D eigenvalue weighted by Gasteiger charge is 2.14. The summed E-state index contributed by atoms with van der Waals surface area (Å²) in [4.78, 5) is 0. The van der Waals surface area contributed by atoms with Crippen LogP contribution >= 0.6 is 0 Å². The Hall–Kier alpha value is -1.09. The highest BCUT2D eigenvalue weighted by molar-refractivity contribution is 5.47. The number of nitrogens with one attached hydrogen (secondary N) is 1. The monoisotopic (exact) mass is 208 g/mol. The van der Waals surface area contributed by atoms with E-state index >= 15 is 0 Å². The Morgan fingerprint density at radius 3 is 2.73 bits per heavy atom. The average molecular weight is 208 g/mol. The molecule has 1 aromatic rings. The summed E-state index contributed by atoms with van der Waals surface area (Å²) in [6.07, 6.45) is 3.36. The Kier molecular flexibility index (Phi) is 3.21. The van der Waals surface area contributed by atoms with E-state index < -0.39 is 0 Å². The maximum absolute atomic E-state index is 12.8. The van der Waals surface area contributed by atoms with Crippen LogP contribution in [0.5, 0.6) is 0 Å². The molecule has 1 aromatic carbocycles. The van der Waals surface area contributed by atoms with Crippen molar-refractivity contribution in [3.05, 3.63) is 29.6 Å². The number of benzene rings is 1. The molecule has 0 radical (unpaired) electrons. The minimum atomic E-state index is -0.249. The fraction of sp³-hybridized carbons (Fsp3) is 0.500. The molecule has 3 N–H and O–H groups in total. The molecule has 1 saturated heterocycles. The van der Waals surface area contributed by atoms with Gasteiger partial charge in [-0.25, -0.2) is 4.39 Å². The van der Waals surface area contributed by atoms with Crippen molar-refractivity contribution >= 4 is 5.69 Å². The van der Waals surface area contributed by atoms with E-state index in [0.717, 1.165) is 25.1 Å². The second-order valence-electron chi connectivity index (χ2n) is 4.24. The molecule has 3 heteroatoms. The third kappa shape index (κ3) is 2.69. The van der Waals surface area contributed by atoms with E-state index in [4.69, 9.17) is 5.73 Å². The van der Waals surface area contributed by atoms with Crippen molar-refractivity contribution in [3.8, 4) is 0 Å². The Bertz CT molecular complexity index is 332. The molecule has 0 amide bonds. The fourth-order valence-corrected chi connectivity index (χ4v) is 2.15. The molecule has 0 aliphatic carbocycles. The molecule has 0 saturated carbocycles. The molecule has 15 heavy (non-hydrogen) atoms. The van der Waals surface area contributed by atoms with Gasteiger partial charge in [-0.2, -0.15) is 0 Å². The van der Waals surface area contributed by atoms with Crippen molar-refractivity contribution in [1.29, 1.82) is 0 Å². The molecule has 1 fully saturated rings. The van der Waals surface area contributed by atoms with Crippen molar-refractivity contribution in [3.63, 3.8) is 0 Å². The second kappa shape index (κ2) is 4.62. The number of hydrogen-bond acceptors (Lipinski definition) is 2. The van der Waals surface area contributed by atoms with Crippen molar-refractivity contribution in [2.24, 2.45) is 5.92 Å². The van der Waals surface area contributed by atoms with E-state index in [1.54, 1.807) is 0 Å². The normalized spacial score (nSPS) is 17.9. The second-order valence-corrected chi connectivity index (χ2v) is 4.24. The van der Waals surface area contributed by atoms with Gasteiger partial charge < -0.3 is 11.1 Å². The number of piperidine rings is 1. The predicted octanol–water partition coefficient (Wildman–Crippen LogP) is 1.95. The number of halogens is 1. The minimum Gasteiger partial charge on any atom is -0.398 e. The lowest BCUT2D eigenvalue weighted by Crippen LogP contribution is -2.28. The molecule has 1 heterocycles. The van der Waals surface area contributed by atoms with Crippen LogP contribution in [0.1, 0.15) is 18.4 Å². The summed E-state index contributed by atoms with van der Waals surface area (Å²) in [5.74, 6) is 0.445. The third-order valence-corrected chi connectivity index (χ3v) is 3.08. The van der Waals surface area contributed by atoms with E-state index in [1.807, 2.05) is 6.07 Å². The molecule has 82 valence electrons. The molecule has 0 bridgehead atoms. The van der Waals surface area contributed by atoms with Gasteiger partial charge in [0.25, 0.3) is 0 Å². The summed E-state index contributed by atoms with van der Waals surface area (Å²) >= 11 is 0. The van der Waals surface area contributed by atoms with E-state index in [-0.39, 0.29) is 5.82 Å². The predicted molar refractivity (Wildman–Crippen MR) is 60.1 cm³/mol. The molecular formula is C12H17FN2. The zero-order valence-electron chi connectivity index (χ0n) is 8.80. The van der Waals surface area contributed by atoms with Crippen molar-refractivity contribution in [1.82, 2.24) is 5.32 Å². The maximum Gasteiger partial charge on any atom is 0.125 e. The zero-order chi connectivity index (χ0) is 10.7. The lowest BCUT2D eigenvalue weighted by Gasteiger charge is -2.23. The van der Waals surface area contributed by atoms with Crippen LogP contribution in [0.15, 0.2) is 18.2 Å². The smallest absolute Gasteiger partial charge is 0.125 e. The van der Waals surface area contributed by atoms with Gasteiger partial charge in [0.1, 0.15) is 5.82 Å². The molecule has 2 rings (SSSR count). The number of hydrogen-bond donors (Lipinski definition) is 2. The Balaban J connectivity index is 2.03. The van der Waals surface area contributed by atoms with Gasteiger partial charge in [0.2, 0.25) is 0 Å². The van der Waals surface area contributed by atoms with E-state index in [9.17, 15) is 4.39 Å². The van der Waals surface area contributed by atoms with E-state index in [2.05, 4.69) is 5.32 Å². The van der Waals surface area contributed by atoms with Gasteiger partial charge in [-0.05, 0) is 56.0 Å². The summed E-state index contributed by atoms with van der Waals surface area (Å²) in [5, 5.41) is 3.33. The SMILES string of the molecule is Nc1cc(F)ccc1CC1CCNCC1. The van der Waals surface area contributed by atoms with Crippen LogP contribution in [0.4, 0.5) is 10.1 Å². The molecule has 0 unspecified atom stereocenters. The minimum absolute atomic E-state index is 0.249. The van der Waals surface area contributed by atoms with Crippen molar-refractivity contribution in [2.45, 2.75) is 19.3 Å². The highest BCUT2D eigenvalue weighted by atomic mass is 19.1. The van der Waals surface area contributed by atoms with Crippen LogP contribution in [0.25, 0.3) is 0 Å². The molecule has 1 aliphatic heterocycles. The Labute approximate surface area is 89.7 Å². The Morgan fingerprint density at radius 1 is 1.33 bits per heavy atom. The van der Waals surface area contributed by atoms with Gasteiger partial charge in [0.15, 0.2) is 0 Å². The first-order valence-electron chi connectivity index (χ1n) is 5.50. The van der Waals surface area contributed by atoms with Crippen LogP contribution in [0, 0.1) is 11.7 Å². The first-order chi connectivity index (χ1) is 7.25. The first-order valence-corrected chi connectivity index (χ1v) is 5.50. The van der Waals surface area contributed by atoms with Crippen LogP contribution in [-0.4, -0.2) is 13.1 Å². The number of nitrogens with two attached hydrogens (primary N) is 1. The largest absolute Gasteiger partial charge is 0.398 e. The number of anilines is 1. The van der Waals surface area contributed by atoms with Crippen molar-refractivity contribution in [2.75, 3.05) is 18.8 Å². The summed E-state index contributed by atoms with van der Waals surface area (Å²) in [6, 6.07) is 4.72. The summed E-state index contributed by atoms with van der Waals surface area (Å²) < 4.78 is 12.8. The van der Waals surface area contributed by atoms with Gasteiger partial charge in [-0.1, -0.05) is 6.07 Å². The van der Waals surface area contributed by atoms with E-state index in [0.29, 0.717) is 11.6 Å². The molecule has 0 spiro atoms. The van der Waals surface area contributed by atoms with Crippen LogP contribution in [-0.2, 0) is 6.42 Å². The lowest BCUT2D eigenvalue weighted by molar-refractivity contribution is 0.373. The highest BCUT2D eigenvalue weighted by Crippen LogP contribution is 2.22. The number of rotatable bonds is 2. The first kappa shape index (κ1) is 10.4. The average Bonchev–Trinajstić information content (AvgIpc) is 2.24. The molecule has 1 aliphatic rings. The van der Waals surface area contributed by atoms with Gasteiger partial charge in [0, 0.05) is 5.69 Å². The van der Waals surface area contributed by atoms with Gasteiger partial charge in [0.05, 0.1) is 0 Å². The van der Waals surface area contributed by atoms with Gasteiger partial charge >= 0.3 is 0 Å². The molecule has 0 atom stereocenters. The standard InChI is InChI=1S/C12H17FN2/c13-11-2-1-10(12(14)8-11)7-9-3-5-15-6-4-9/h1-2,8-9,15H,3-7,14H2. The maximum atomic E-state index is 12.8. The number of nitrogen functional groups attached to an aromatic ring is 1. The van der Waals surface area contributed by atoms with Crippen LogP contribution < -0.4 is 11.1 Å². The quantitative estimate of drug-likeness (QED) is 0.729. The molecular weight excluding hydrogens is 191 g/mol. The fourth-order valence-electron chi connectivity index (χ4n) is 2.15. The topological polar surface area (TPSA) is 38.0 Å². The summed E-state index contributed by atoms with van der Waals surface area (Å²) in [7, 11) is 0. The lowest BCUT2D eigenvalue weighted by atomic mass is 9.90. The van der Waals surface area contributed by atoms with Crippen molar-refractivity contribution < 1.29 is 4.39 Å². The summed E-state index contributed by atoms with van der Waals surface area (Å²) in [5.41, 5.74) is 7.46. The Morgan fingerprint density at radius 2 is 2.07 bits per heavy atom. The van der Waals surface area contributed by atoms with Crippen LogP contribution in [0.2, 0.25) is 0 Å². The van der Waals surface area contributed by atoms with Gasteiger partial charge in [-0.3, -0.25) is 0 Å². The van der Waals surface area contributed by atoms with Gasteiger partial charge in [-0.15, -0.1) is 0 Å². The molecule has 0 aromatic heterocycles. The summed E-state index contributed by atoms with van der Waals surface area (Å²) in [6.45, 7) is 2.18.